The van der Waals surface area contributed by atoms with Crippen molar-refractivity contribution >= 4 is 6.03 Å². The first-order valence-corrected chi connectivity index (χ1v) is 7.41. The molecule has 0 saturated carbocycles. The van der Waals surface area contributed by atoms with Crippen LogP contribution < -0.4 is 10.6 Å². The Balaban J connectivity index is 4.13. The van der Waals surface area contributed by atoms with Gasteiger partial charge in [-0.05, 0) is 38.8 Å². The molecule has 5 heteroatoms. The van der Waals surface area contributed by atoms with Crippen LogP contribution in [0.2, 0.25) is 0 Å². The number of aliphatic hydroxyl groups is 1. The molecule has 2 atom stereocenters. The SMILES string of the molecule is CC(C)CC(O)CNC(=O)NC(C)C(C)(C)CN(C)C. The van der Waals surface area contributed by atoms with Gasteiger partial charge < -0.3 is 20.6 Å². The summed E-state index contributed by atoms with van der Waals surface area (Å²) < 4.78 is 0. The summed E-state index contributed by atoms with van der Waals surface area (Å²) in [5.41, 5.74) is -0.0165. The average molecular weight is 287 g/mol. The molecule has 0 aliphatic rings. The Bertz CT molecular complexity index is 291. The van der Waals surface area contributed by atoms with E-state index < -0.39 is 6.10 Å². The highest BCUT2D eigenvalue weighted by molar-refractivity contribution is 5.74. The normalized spacial score (nSPS) is 15.3. The smallest absolute Gasteiger partial charge is 0.315 e. The van der Waals surface area contributed by atoms with E-state index in [0.29, 0.717) is 18.9 Å². The van der Waals surface area contributed by atoms with Crippen molar-refractivity contribution in [2.45, 2.75) is 53.2 Å². The van der Waals surface area contributed by atoms with Crippen molar-refractivity contribution in [2.24, 2.45) is 11.3 Å². The molecule has 5 nitrogen and oxygen atoms in total. The van der Waals surface area contributed by atoms with Crippen molar-refractivity contribution in [1.29, 1.82) is 0 Å². The number of hydrogen-bond acceptors (Lipinski definition) is 3. The van der Waals surface area contributed by atoms with E-state index in [9.17, 15) is 9.90 Å². The molecule has 0 fully saturated rings. The van der Waals surface area contributed by atoms with Crippen molar-refractivity contribution in [1.82, 2.24) is 15.5 Å². The van der Waals surface area contributed by atoms with Crippen molar-refractivity contribution in [3.63, 3.8) is 0 Å². The lowest BCUT2D eigenvalue weighted by molar-refractivity contribution is 0.144. The number of nitrogens with zero attached hydrogens (tertiary/aromatic N) is 1. The van der Waals surface area contributed by atoms with Crippen LogP contribution in [0, 0.1) is 11.3 Å². The van der Waals surface area contributed by atoms with Gasteiger partial charge >= 0.3 is 6.03 Å². The maximum atomic E-state index is 11.8. The number of nitrogens with one attached hydrogen (secondary N) is 2. The van der Waals surface area contributed by atoms with Gasteiger partial charge in [0, 0.05) is 19.1 Å². The van der Waals surface area contributed by atoms with E-state index in [-0.39, 0.29) is 17.5 Å². The quantitative estimate of drug-likeness (QED) is 0.636. The van der Waals surface area contributed by atoms with Gasteiger partial charge in [0.05, 0.1) is 6.10 Å². The molecule has 0 spiro atoms. The lowest BCUT2D eigenvalue weighted by Crippen LogP contribution is -2.51. The van der Waals surface area contributed by atoms with Gasteiger partial charge in [-0.25, -0.2) is 4.79 Å². The highest BCUT2D eigenvalue weighted by Crippen LogP contribution is 2.20. The van der Waals surface area contributed by atoms with E-state index >= 15 is 0 Å². The van der Waals surface area contributed by atoms with Gasteiger partial charge in [0.15, 0.2) is 0 Å². The van der Waals surface area contributed by atoms with Crippen LogP contribution in [0.5, 0.6) is 0 Å². The molecule has 2 amide bonds. The minimum atomic E-state index is -0.481. The first kappa shape index (κ1) is 19.2. The molecule has 20 heavy (non-hydrogen) atoms. The number of carbonyl (C=O) groups excluding carboxylic acids is 1. The van der Waals surface area contributed by atoms with Gasteiger partial charge in [-0.2, -0.15) is 0 Å². The van der Waals surface area contributed by atoms with Gasteiger partial charge in [0.25, 0.3) is 0 Å². The molecule has 0 radical (unpaired) electrons. The third kappa shape index (κ3) is 8.38. The summed E-state index contributed by atoms with van der Waals surface area (Å²) >= 11 is 0. The van der Waals surface area contributed by atoms with E-state index in [1.165, 1.54) is 0 Å². The molecule has 0 aromatic carbocycles. The third-order valence-corrected chi connectivity index (χ3v) is 3.49. The largest absolute Gasteiger partial charge is 0.391 e. The summed E-state index contributed by atoms with van der Waals surface area (Å²) in [5.74, 6) is 0.424. The lowest BCUT2D eigenvalue weighted by atomic mass is 9.85. The molecule has 0 heterocycles. The second-order valence-corrected chi connectivity index (χ2v) is 7.09. The molecule has 0 aliphatic carbocycles. The first-order chi connectivity index (χ1) is 9.04. The Morgan fingerprint density at radius 1 is 1.25 bits per heavy atom. The molecular formula is C15H33N3O2. The maximum Gasteiger partial charge on any atom is 0.315 e. The van der Waals surface area contributed by atoms with Gasteiger partial charge in [0.2, 0.25) is 0 Å². The third-order valence-electron chi connectivity index (χ3n) is 3.49. The molecule has 2 unspecified atom stereocenters. The van der Waals surface area contributed by atoms with Crippen molar-refractivity contribution in [3.8, 4) is 0 Å². The Morgan fingerprint density at radius 3 is 2.25 bits per heavy atom. The molecule has 3 N–H and O–H groups in total. The second kappa shape index (κ2) is 8.47. The molecular weight excluding hydrogens is 254 g/mol. The van der Waals surface area contributed by atoms with Crippen molar-refractivity contribution in [3.05, 3.63) is 0 Å². The monoisotopic (exact) mass is 287 g/mol. The standard InChI is InChI=1S/C15H33N3O2/c1-11(2)8-13(19)9-16-14(20)17-12(3)15(4,5)10-18(6)7/h11-13,19H,8-10H2,1-7H3,(H2,16,17,20). The van der Waals surface area contributed by atoms with E-state index in [1.807, 2.05) is 21.0 Å². The van der Waals surface area contributed by atoms with Crippen LogP contribution >= 0.6 is 0 Å². The molecule has 0 aliphatic heterocycles. The number of carbonyl (C=O) groups is 1. The molecule has 0 bridgehead atoms. The zero-order valence-electron chi connectivity index (χ0n) is 14.2. The highest BCUT2D eigenvalue weighted by atomic mass is 16.3. The number of urea groups is 1. The Morgan fingerprint density at radius 2 is 1.80 bits per heavy atom. The zero-order chi connectivity index (χ0) is 15.9. The van der Waals surface area contributed by atoms with E-state index in [0.717, 1.165) is 6.54 Å². The van der Waals surface area contributed by atoms with E-state index in [2.05, 4.69) is 43.2 Å². The molecule has 0 aromatic heterocycles. The van der Waals surface area contributed by atoms with Crippen LogP contribution in [0.1, 0.15) is 41.0 Å². The topological polar surface area (TPSA) is 64.6 Å². The summed E-state index contributed by atoms with van der Waals surface area (Å²) in [6, 6.07) is -0.167. The van der Waals surface area contributed by atoms with Crippen LogP contribution in [-0.2, 0) is 0 Å². The summed E-state index contributed by atoms with van der Waals surface area (Å²) in [5, 5.41) is 15.4. The summed E-state index contributed by atoms with van der Waals surface area (Å²) in [6.45, 7) is 11.6. The molecule has 0 aromatic rings. The van der Waals surface area contributed by atoms with Crippen molar-refractivity contribution in [2.75, 3.05) is 27.2 Å². The summed E-state index contributed by atoms with van der Waals surface area (Å²) in [4.78, 5) is 13.9. The fourth-order valence-electron chi connectivity index (χ4n) is 2.23. The lowest BCUT2D eigenvalue weighted by Gasteiger charge is -2.34. The van der Waals surface area contributed by atoms with Gasteiger partial charge in [-0.15, -0.1) is 0 Å². The summed E-state index contributed by atoms with van der Waals surface area (Å²) in [6.07, 6.45) is 0.216. The number of hydrogen-bond donors (Lipinski definition) is 3. The Hall–Kier alpha value is -0.810. The van der Waals surface area contributed by atoms with Gasteiger partial charge in [-0.1, -0.05) is 27.7 Å². The predicted molar refractivity (Wildman–Crippen MR) is 83.8 cm³/mol. The van der Waals surface area contributed by atoms with Crippen LogP contribution in [-0.4, -0.2) is 55.4 Å². The van der Waals surface area contributed by atoms with Crippen LogP contribution in [0.15, 0.2) is 0 Å². The number of aliphatic hydroxyl groups excluding tert-OH is 1. The van der Waals surface area contributed by atoms with Crippen molar-refractivity contribution < 1.29 is 9.90 Å². The van der Waals surface area contributed by atoms with Crippen LogP contribution in [0.3, 0.4) is 0 Å². The first-order valence-electron chi connectivity index (χ1n) is 7.41. The average Bonchev–Trinajstić information content (AvgIpc) is 2.23. The number of rotatable bonds is 8. The summed E-state index contributed by atoms with van der Waals surface area (Å²) in [7, 11) is 4.05. The van der Waals surface area contributed by atoms with Crippen LogP contribution in [0.25, 0.3) is 0 Å². The molecule has 0 saturated heterocycles. The highest BCUT2D eigenvalue weighted by Gasteiger charge is 2.27. The fraction of sp³-hybridized carbons (Fsp3) is 0.933. The van der Waals surface area contributed by atoms with E-state index in [1.54, 1.807) is 0 Å². The van der Waals surface area contributed by atoms with Gasteiger partial charge in [-0.3, -0.25) is 0 Å². The molecule has 120 valence electrons. The van der Waals surface area contributed by atoms with Crippen LogP contribution in [0.4, 0.5) is 4.79 Å². The minimum Gasteiger partial charge on any atom is -0.391 e. The Kier molecular flexibility index (Phi) is 8.13. The van der Waals surface area contributed by atoms with E-state index in [4.69, 9.17) is 0 Å². The number of amides is 2. The minimum absolute atomic E-state index is 0.0165. The predicted octanol–water partition coefficient (Wildman–Crippen LogP) is 1.67. The second-order valence-electron chi connectivity index (χ2n) is 7.09. The molecule has 0 rings (SSSR count). The Labute approximate surface area is 124 Å². The maximum absolute atomic E-state index is 11.8. The fourth-order valence-corrected chi connectivity index (χ4v) is 2.23. The van der Waals surface area contributed by atoms with Gasteiger partial charge in [0.1, 0.15) is 0 Å². The zero-order valence-corrected chi connectivity index (χ0v) is 14.2.